The minimum atomic E-state index is -0.902. The zero-order chi connectivity index (χ0) is 26.4. The first-order valence-corrected chi connectivity index (χ1v) is 12.0. The largest absolute Gasteiger partial charge is 0.507 e. The molecule has 1 unspecified atom stereocenters. The molecule has 3 aromatic rings. The van der Waals surface area contributed by atoms with E-state index in [1.807, 2.05) is 45.0 Å². The summed E-state index contributed by atoms with van der Waals surface area (Å²) in [4.78, 5) is 28.1. The Morgan fingerprint density at radius 1 is 0.944 bits per heavy atom. The Morgan fingerprint density at radius 3 is 2.14 bits per heavy atom. The van der Waals surface area contributed by atoms with Crippen LogP contribution < -0.4 is 9.64 Å². The lowest BCUT2D eigenvalue weighted by Gasteiger charge is -2.25. The van der Waals surface area contributed by atoms with Crippen molar-refractivity contribution in [3.05, 3.63) is 88.9 Å². The van der Waals surface area contributed by atoms with E-state index in [9.17, 15) is 14.7 Å². The van der Waals surface area contributed by atoms with Crippen LogP contribution >= 0.6 is 0 Å². The first kappa shape index (κ1) is 25.3. The van der Waals surface area contributed by atoms with E-state index >= 15 is 0 Å². The molecule has 188 valence electrons. The summed E-state index contributed by atoms with van der Waals surface area (Å²) >= 11 is 0. The number of aliphatic hydroxyl groups is 1. The van der Waals surface area contributed by atoms with Crippen LogP contribution in [0.4, 0.5) is 5.69 Å². The lowest BCUT2D eigenvalue weighted by molar-refractivity contribution is -0.132. The highest BCUT2D eigenvalue weighted by molar-refractivity contribution is 6.51. The molecule has 0 spiro atoms. The molecule has 1 saturated heterocycles. The Bertz CT molecular complexity index is 1320. The quantitative estimate of drug-likeness (QED) is 0.258. The number of anilines is 1. The number of nitrogens with zero attached hydrogens (tertiary/aromatic N) is 1. The van der Waals surface area contributed by atoms with Crippen LogP contribution in [-0.4, -0.2) is 23.9 Å². The molecule has 4 rings (SSSR count). The number of ether oxygens (including phenoxy) is 1. The van der Waals surface area contributed by atoms with Crippen molar-refractivity contribution in [2.24, 2.45) is 0 Å². The molecule has 2 aromatic carbocycles. The van der Waals surface area contributed by atoms with Crippen molar-refractivity contribution in [1.82, 2.24) is 0 Å². The molecule has 0 aliphatic carbocycles. The Hall–Kier alpha value is -3.80. The van der Waals surface area contributed by atoms with Crippen molar-refractivity contribution >= 4 is 23.1 Å². The second-order valence-corrected chi connectivity index (χ2v) is 11.1. The van der Waals surface area contributed by atoms with Crippen molar-refractivity contribution in [2.75, 3.05) is 12.0 Å². The fraction of sp³-hybridized carbons (Fsp3) is 0.333. The summed E-state index contributed by atoms with van der Waals surface area (Å²) in [7, 11) is 1.59. The molecular formula is C30H33NO5. The van der Waals surface area contributed by atoms with Crippen LogP contribution in [0.1, 0.15) is 70.0 Å². The molecular weight excluding hydrogens is 454 g/mol. The number of aliphatic hydroxyl groups excluding tert-OH is 1. The zero-order valence-electron chi connectivity index (χ0n) is 21.9. The number of amides is 1. The van der Waals surface area contributed by atoms with Gasteiger partial charge in [0.1, 0.15) is 23.3 Å². The molecule has 1 aliphatic rings. The molecule has 0 saturated carbocycles. The van der Waals surface area contributed by atoms with E-state index in [1.165, 1.54) is 11.2 Å². The van der Waals surface area contributed by atoms with E-state index in [-0.39, 0.29) is 22.2 Å². The molecule has 1 fully saturated rings. The van der Waals surface area contributed by atoms with Gasteiger partial charge in [0.25, 0.3) is 11.7 Å². The van der Waals surface area contributed by atoms with Crippen molar-refractivity contribution in [3.63, 3.8) is 0 Å². The number of rotatable bonds is 4. The summed E-state index contributed by atoms with van der Waals surface area (Å²) < 4.78 is 11.2. The van der Waals surface area contributed by atoms with Gasteiger partial charge in [-0.1, -0.05) is 53.7 Å². The predicted octanol–water partition coefficient (Wildman–Crippen LogP) is 6.51. The third-order valence-corrected chi connectivity index (χ3v) is 6.55. The van der Waals surface area contributed by atoms with Gasteiger partial charge in [-0.25, -0.2) is 0 Å². The number of ketones is 1. The van der Waals surface area contributed by atoms with E-state index in [0.717, 1.165) is 11.1 Å². The van der Waals surface area contributed by atoms with Crippen LogP contribution in [0.25, 0.3) is 5.76 Å². The fourth-order valence-corrected chi connectivity index (χ4v) is 4.53. The molecule has 1 aromatic heterocycles. The van der Waals surface area contributed by atoms with E-state index < -0.39 is 17.7 Å². The second-order valence-electron chi connectivity index (χ2n) is 11.1. The Labute approximate surface area is 212 Å². The standard InChI is InChI=1S/C30H33NO5/c1-29(2,3)19-11-13-20(14-12-19)31-25(23-9-8-16-36-23)24(27(33)28(31)34)26(32)18-10-15-22(35-7)21(17-18)30(4,5)6/h8-17,25,32H,1-7H3/b26-24-. The van der Waals surface area contributed by atoms with Gasteiger partial charge in [0.2, 0.25) is 0 Å². The van der Waals surface area contributed by atoms with Gasteiger partial charge in [-0.05, 0) is 58.9 Å². The van der Waals surface area contributed by atoms with E-state index in [1.54, 1.807) is 37.4 Å². The topological polar surface area (TPSA) is 80.0 Å². The summed E-state index contributed by atoms with van der Waals surface area (Å²) in [6, 6.07) is 15.3. The summed E-state index contributed by atoms with van der Waals surface area (Å²) in [5, 5.41) is 11.4. The number of Topliss-reactive ketones (excluding diaryl/α,β-unsaturated/α-hetero) is 1. The molecule has 1 atom stereocenters. The van der Waals surface area contributed by atoms with Crippen LogP contribution in [-0.2, 0) is 20.4 Å². The average molecular weight is 488 g/mol. The minimum absolute atomic E-state index is 0.0140. The maximum Gasteiger partial charge on any atom is 0.300 e. The molecule has 2 heterocycles. The molecule has 0 bridgehead atoms. The lowest BCUT2D eigenvalue weighted by Crippen LogP contribution is -2.29. The molecule has 1 N–H and O–H groups in total. The van der Waals surface area contributed by atoms with Gasteiger partial charge in [0.05, 0.1) is 18.9 Å². The highest BCUT2D eigenvalue weighted by Gasteiger charge is 2.48. The molecule has 36 heavy (non-hydrogen) atoms. The van der Waals surface area contributed by atoms with Crippen molar-refractivity contribution in [1.29, 1.82) is 0 Å². The van der Waals surface area contributed by atoms with Crippen molar-refractivity contribution in [3.8, 4) is 5.75 Å². The molecule has 6 heteroatoms. The highest BCUT2D eigenvalue weighted by atomic mass is 16.5. The van der Waals surface area contributed by atoms with Crippen LogP contribution in [0.2, 0.25) is 0 Å². The molecule has 0 radical (unpaired) electrons. The monoisotopic (exact) mass is 487 g/mol. The average Bonchev–Trinajstić information content (AvgIpc) is 3.44. The first-order valence-electron chi connectivity index (χ1n) is 12.0. The van der Waals surface area contributed by atoms with Gasteiger partial charge in [0, 0.05) is 16.8 Å². The molecule has 1 amide bonds. The summed E-state index contributed by atoms with van der Waals surface area (Å²) in [6.45, 7) is 12.4. The summed E-state index contributed by atoms with van der Waals surface area (Å²) in [6.07, 6.45) is 1.49. The van der Waals surface area contributed by atoms with Gasteiger partial charge < -0.3 is 14.3 Å². The number of carbonyl (C=O) groups excluding carboxylic acids is 2. The Kier molecular flexibility index (Phi) is 6.33. The van der Waals surface area contributed by atoms with Crippen molar-refractivity contribution in [2.45, 2.75) is 58.4 Å². The Morgan fingerprint density at radius 2 is 1.61 bits per heavy atom. The zero-order valence-corrected chi connectivity index (χ0v) is 21.9. The number of hydrogen-bond acceptors (Lipinski definition) is 5. The first-order chi connectivity index (χ1) is 16.8. The number of methoxy groups -OCH3 is 1. The van der Waals surface area contributed by atoms with Crippen LogP contribution in [0.15, 0.2) is 70.9 Å². The van der Waals surface area contributed by atoms with Crippen LogP contribution in [0.3, 0.4) is 0 Å². The van der Waals surface area contributed by atoms with Crippen LogP contribution in [0.5, 0.6) is 5.75 Å². The van der Waals surface area contributed by atoms with E-state index in [4.69, 9.17) is 9.15 Å². The summed E-state index contributed by atoms with van der Waals surface area (Å²) in [5.74, 6) is -0.661. The normalized spacial score (nSPS) is 18.1. The molecule has 1 aliphatic heterocycles. The van der Waals surface area contributed by atoms with Gasteiger partial charge in [-0.15, -0.1) is 0 Å². The highest BCUT2D eigenvalue weighted by Crippen LogP contribution is 2.43. The predicted molar refractivity (Wildman–Crippen MR) is 140 cm³/mol. The van der Waals surface area contributed by atoms with Crippen molar-refractivity contribution < 1.29 is 23.8 Å². The van der Waals surface area contributed by atoms with Gasteiger partial charge >= 0.3 is 0 Å². The van der Waals surface area contributed by atoms with E-state index in [2.05, 4.69) is 20.8 Å². The summed E-state index contributed by atoms with van der Waals surface area (Å²) in [5.41, 5.74) is 2.60. The SMILES string of the molecule is COc1ccc(/C(O)=C2/C(=O)C(=O)N(c3ccc(C(C)(C)C)cc3)C2c2ccco2)cc1C(C)(C)C. The maximum atomic E-state index is 13.4. The van der Waals surface area contributed by atoms with Gasteiger partial charge in [-0.3, -0.25) is 14.5 Å². The maximum absolute atomic E-state index is 13.4. The number of furan rings is 1. The smallest absolute Gasteiger partial charge is 0.300 e. The van der Waals surface area contributed by atoms with Gasteiger partial charge in [-0.2, -0.15) is 0 Å². The molecule has 6 nitrogen and oxygen atoms in total. The minimum Gasteiger partial charge on any atom is -0.507 e. The number of benzene rings is 2. The van der Waals surface area contributed by atoms with Gasteiger partial charge in [0.15, 0.2) is 0 Å². The number of carbonyl (C=O) groups is 2. The Balaban J connectivity index is 1.89. The van der Waals surface area contributed by atoms with Crippen LogP contribution in [0, 0.1) is 0 Å². The number of hydrogen-bond donors (Lipinski definition) is 1. The fourth-order valence-electron chi connectivity index (χ4n) is 4.53. The second kappa shape index (κ2) is 9.01. The third-order valence-electron chi connectivity index (χ3n) is 6.55. The third kappa shape index (κ3) is 4.43. The van der Waals surface area contributed by atoms with E-state index in [0.29, 0.717) is 22.8 Å². The lowest BCUT2D eigenvalue weighted by atomic mass is 9.84.